The molecule has 1 amide bonds. The molecule has 1 aromatic carbocycles. The number of nitrogens with zero attached hydrogens (tertiary/aromatic N) is 2. The Bertz CT molecular complexity index is 796. The Labute approximate surface area is 183 Å². The fraction of sp³-hybridized carbons (Fsp3) is 0.500. The van der Waals surface area contributed by atoms with E-state index in [4.69, 9.17) is 21.8 Å². The summed E-state index contributed by atoms with van der Waals surface area (Å²) < 4.78 is 5.25. The maximum Gasteiger partial charge on any atom is 0.289 e. The zero-order valence-electron chi connectivity index (χ0n) is 16.6. The number of benzene rings is 1. The fourth-order valence-electron chi connectivity index (χ4n) is 4.80. The molecule has 0 radical (unpaired) electrons. The number of carbonyl (C=O) groups excluding carboxylic acids is 1. The van der Waals surface area contributed by atoms with Crippen LogP contribution in [0.2, 0.25) is 5.02 Å². The van der Waals surface area contributed by atoms with Crippen LogP contribution in [0.1, 0.15) is 41.8 Å². The van der Waals surface area contributed by atoms with Crippen molar-refractivity contribution in [3.8, 4) is 0 Å². The molecule has 0 bridgehead atoms. The Morgan fingerprint density at radius 1 is 1.14 bits per heavy atom. The average Bonchev–Trinajstić information content (AvgIpc) is 3.28. The van der Waals surface area contributed by atoms with Gasteiger partial charge in [0.25, 0.3) is 5.91 Å². The van der Waals surface area contributed by atoms with Gasteiger partial charge in [0.15, 0.2) is 5.76 Å². The van der Waals surface area contributed by atoms with Crippen molar-refractivity contribution in [3.05, 3.63) is 59.0 Å². The molecule has 0 unspecified atom stereocenters. The molecule has 4 rings (SSSR count). The van der Waals surface area contributed by atoms with E-state index in [1.807, 2.05) is 17.0 Å². The van der Waals surface area contributed by atoms with Crippen molar-refractivity contribution >= 4 is 29.9 Å². The summed E-state index contributed by atoms with van der Waals surface area (Å²) in [6.45, 7) is 4.01. The summed E-state index contributed by atoms with van der Waals surface area (Å²) in [5.41, 5.74) is 7.55. The smallest absolute Gasteiger partial charge is 0.289 e. The molecule has 1 saturated heterocycles. The Hall–Kier alpha value is -1.53. The summed E-state index contributed by atoms with van der Waals surface area (Å²) in [4.78, 5) is 16.9. The van der Waals surface area contributed by atoms with Crippen LogP contribution < -0.4 is 5.73 Å². The SMILES string of the molecule is Cl.NC[C@]1(c2cccc(Cl)c2)CC[C@@H](N2CCN(C(=O)c3ccco3)CC2)CC1. The molecule has 2 aliphatic rings. The molecule has 2 heterocycles. The van der Waals surface area contributed by atoms with Crippen molar-refractivity contribution in [2.24, 2.45) is 5.73 Å². The van der Waals surface area contributed by atoms with E-state index in [0.29, 0.717) is 18.3 Å². The molecule has 1 aromatic heterocycles. The predicted octanol–water partition coefficient (Wildman–Crippen LogP) is 3.95. The van der Waals surface area contributed by atoms with E-state index >= 15 is 0 Å². The molecular weight excluding hydrogens is 409 g/mol. The third kappa shape index (κ3) is 4.64. The van der Waals surface area contributed by atoms with Crippen LogP contribution in [0.4, 0.5) is 0 Å². The number of hydrogen-bond acceptors (Lipinski definition) is 4. The van der Waals surface area contributed by atoms with Crippen LogP contribution in [0.25, 0.3) is 0 Å². The van der Waals surface area contributed by atoms with Crippen LogP contribution in [-0.4, -0.2) is 54.5 Å². The van der Waals surface area contributed by atoms with Gasteiger partial charge in [0.1, 0.15) is 0 Å². The highest BCUT2D eigenvalue weighted by atomic mass is 35.5. The lowest BCUT2D eigenvalue weighted by molar-refractivity contribution is 0.0456. The molecule has 2 aromatic rings. The Balaban J connectivity index is 0.00000240. The van der Waals surface area contributed by atoms with Crippen molar-refractivity contribution in [3.63, 3.8) is 0 Å². The lowest BCUT2D eigenvalue weighted by Crippen LogP contribution is -2.54. The molecule has 7 heteroatoms. The third-order valence-corrected chi connectivity index (χ3v) is 6.82. The van der Waals surface area contributed by atoms with Gasteiger partial charge in [-0.3, -0.25) is 9.69 Å². The first-order valence-corrected chi connectivity index (χ1v) is 10.5. The first-order valence-electron chi connectivity index (χ1n) is 10.1. The van der Waals surface area contributed by atoms with Crippen LogP contribution in [-0.2, 0) is 5.41 Å². The Kier molecular flexibility index (Phi) is 7.28. The molecule has 1 aliphatic heterocycles. The van der Waals surface area contributed by atoms with Crippen LogP contribution in [0.15, 0.2) is 47.1 Å². The maximum atomic E-state index is 12.4. The number of piperazine rings is 1. The molecule has 0 spiro atoms. The Morgan fingerprint density at radius 3 is 2.45 bits per heavy atom. The monoisotopic (exact) mass is 437 g/mol. The topological polar surface area (TPSA) is 62.7 Å². The highest BCUT2D eigenvalue weighted by molar-refractivity contribution is 6.30. The first-order chi connectivity index (χ1) is 13.6. The van der Waals surface area contributed by atoms with Crippen molar-refractivity contribution in [1.82, 2.24) is 9.80 Å². The standard InChI is InChI=1S/C22H28ClN3O2.ClH/c23-18-4-1-3-17(15-18)22(16-24)8-6-19(7-9-22)25-10-12-26(13-11-25)21(27)20-5-2-14-28-20;/h1-5,14-15,19H,6-13,16,24H2;1H/t19-,22+;. The van der Waals surface area contributed by atoms with Gasteiger partial charge in [0.2, 0.25) is 0 Å². The van der Waals surface area contributed by atoms with E-state index in [1.165, 1.54) is 5.56 Å². The zero-order chi connectivity index (χ0) is 19.6. The quantitative estimate of drug-likeness (QED) is 0.785. The van der Waals surface area contributed by atoms with E-state index in [0.717, 1.165) is 56.9 Å². The minimum absolute atomic E-state index is 0. The average molecular weight is 438 g/mol. The summed E-state index contributed by atoms with van der Waals surface area (Å²) >= 11 is 6.22. The number of furan rings is 1. The van der Waals surface area contributed by atoms with E-state index in [9.17, 15) is 4.79 Å². The third-order valence-electron chi connectivity index (χ3n) is 6.59. The van der Waals surface area contributed by atoms with Gasteiger partial charge in [0, 0.05) is 49.2 Å². The van der Waals surface area contributed by atoms with Crippen LogP contribution >= 0.6 is 24.0 Å². The van der Waals surface area contributed by atoms with Crippen LogP contribution in [0.3, 0.4) is 0 Å². The zero-order valence-corrected chi connectivity index (χ0v) is 18.1. The summed E-state index contributed by atoms with van der Waals surface area (Å²) in [6, 6.07) is 12.2. The number of rotatable bonds is 4. The van der Waals surface area contributed by atoms with Crippen LogP contribution in [0.5, 0.6) is 0 Å². The second-order valence-corrected chi connectivity index (χ2v) is 8.47. The van der Waals surface area contributed by atoms with Gasteiger partial charge >= 0.3 is 0 Å². The van der Waals surface area contributed by atoms with Gasteiger partial charge < -0.3 is 15.1 Å². The number of amides is 1. The summed E-state index contributed by atoms with van der Waals surface area (Å²) in [5, 5.41) is 0.782. The van der Waals surface area contributed by atoms with Gasteiger partial charge in [0.05, 0.1) is 6.26 Å². The molecular formula is C22H29Cl2N3O2. The van der Waals surface area contributed by atoms with Gasteiger partial charge in [-0.25, -0.2) is 0 Å². The van der Waals surface area contributed by atoms with Crippen molar-refractivity contribution in [2.45, 2.75) is 37.1 Å². The number of carbonyl (C=O) groups is 1. The fourth-order valence-corrected chi connectivity index (χ4v) is 4.99. The Morgan fingerprint density at radius 2 is 1.86 bits per heavy atom. The number of nitrogens with two attached hydrogens (primary N) is 1. The summed E-state index contributed by atoms with van der Waals surface area (Å²) in [6.07, 6.45) is 5.99. The van der Waals surface area contributed by atoms with E-state index in [2.05, 4.69) is 17.0 Å². The van der Waals surface area contributed by atoms with Crippen molar-refractivity contribution < 1.29 is 9.21 Å². The van der Waals surface area contributed by atoms with E-state index < -0.39 is 0 Å². The maximum absolute atomic E-state index is 12.4. The summed E-state index contributed by atoms with van der Waals surface area (Å²) in [5.74, 6) is 0.428. The second kappa shape index (κ2) is 9.52. The predicted molar refractivity (Wildman–Crippen MR) is 118 cm³/mol. The molecule has 0 atom stereocenters. The molecule has 1 aliphatic carbocycles. The number of hydrogen-bond donors (Lipinski definition) is 1. The highest BCUT2D eigenvalue weighted by Crippen LogP contribution is 2.41. The molecule has 1 saturated carbocycles. The lowest BCUT2D eigenvalue weighted by Gasteiger charge is -2.45. The molecule has 29 heavy (non-hydrogen) atoms. The molecule has 2 N–H and O–H groups in total. The van der Waals surface area contributed by atoms with Crippen molar-refractivity contribution in [2.75, 3.05) is 32.7 Å². The van der Waals surface area contributed by atoms with Crippen LogP contribution in [0, 0.1) is 0 Å². The molecule has 2 fully saturated rings. The van der Waals surface area contributed by atoms with E-state index in [1.54, 1.807) is 18.4 Å². The minimum Gasteiger partial charge on any atom is -0.459 e. The lowest BCUT2D eigenvalue weighted by atomic mass is 9.68. The van der Waals surface area contributed by atoms with Gasteiger partial charge in [-0.2, -0.15) is 0 Å². The van der Waals surface area contributed by atoms with Gasteiger partial charge in [-0.05, 0) is 55.5 Å². The first kappa shape index (κ1) is 22.2. The van der Waals surface area contributed by atoms with Crippen molar-refractivity contribution in [1.29, 1.82) is 0 Å². The number of halogens is 2. The van der Waals surface area contributed by atoms with E-state index in [-0.39, 0.29) is 23.7 Å². The van der Waals surface area contributed by atoms with Gasteiger partial charge in [-0.15, -0.1) is 12.4 Å². The largest absolute Gasteiger partial charge is 0.459 e. The second-order valence-electron chi connectivity index (χ2n) is 8.03. The molecule has 5 nitrogen and oxygen atoms in total. The van der Waals surface area contributed by atoms with Gasteiger partial charge in [-0.1, -0.05) is 23.7 Å². The minimum atomic E-state index is -0.00333. The summed E-state index contributed by atoms with van der Waals surface area (Å²) in [7, 11) is 0. The normalized spacial score (nSPS) is 25.4. The molecule has 158 valence electrons. The highest BCUT2D eigenvalue weighted by Gasteiger charge is 2.38.